The van der Waals surface area contributed by atoms with Crippen molar-refractivity contribution >= 4 is 17.6 Å². The Morgan fingerprint density at radius 3 is 2.61 bits per heavy atom. The number of pyridine rings is 1. The van der Waals surface area contributed by atoms with Crippen molar-refractivity contribution in [2.75, 3.05) is 26.7 Å². The average molecular weight is 442 g/mol. The third-order valence-electron chi connectivity index (χ3n) is 5.89. The summed E-state index contributed by atoms with van der Waals surface area (Å²) in [6, 6.07) is 12.6. The highest BCUT2D eigenvalue weighted by atomic mass is 35.5. The van der Waals surface area contributed by atoms with E-state index < -0.39 is 0 Å². The van der Waals surface area contributed by atoms with Crippen molar-refractivity contribution in [3.63, 3.8) is 0 Å². The molecule has 1 aromatic carbocycles. The van der Waals surface area contributed by atoms with Crippen LogP contribution in [0.4, 0.5) is 0 Å². The number of benzene rings is 1. The fourth-order valence-corrected chi connectivity index (χ4v) is 3.91. The van der Waals surface area contributed by atoms with Gasteiger partial charge in [0.25, 0.3) is 0 Å². The molecule has 0 unspecified atom stereocenters. The van der Waals surface area contributed by atoms with Crippen LogP contribution in [0.5, 0.6) is 5.88 Å². The Labute approximate surface area is 190 Å². The molecule has 31 heavy (non-hydrogen) atoms. The average Bonchev–Trinajstić information content (AvgIpc) is 3.63. The zero-order valence-corrected chi connectivity index (χ0v) is 18.9. The van der Waals surface area contributed by atoms with Crippen molar-refractivity contribution in [1.29, 1.82) is 0 Å². The van der Waals surface area contributed by atoms with Crippen molar-refractivity contribution in [2.24, 2.45) is 10.9 Å². The molecule has 1 saturated heterocycles. The second-order valence-corrected chi connectivity index (χ2v) is 8.94. The first-order valence-corrected chi connectivity index (χ1v) is 11.6. The summed E-state index contributed by atoms with van der Waals surface area (Å²) in [7, 11) is 1.82. The first-order chi connectivity index (χ1) is 15.2. The van der Waals surface area contributed by atoms with Crippen LogP contribution in [0, 0.1) is 5.92 Å². The third kappa shape index (κ3) is 7.11. The van der Waals surface area contributed by atoms with Gasteiger partial charge >= 0.3 is 0 Å². The van der Waals surface area contributed by atoms with Crippen LogP contribution in [0.25, 0.3) is 0 Å². The van der Waals surface area contributed by atoms with E-state index >= 15 is 0 Å². The molecule has 2 aromatic rings. The minimum Gasteiger partial charge on any atom is -0.477 e. The predicted octanol–water partition coefficient (Wildman–Crippen LogP) is 3.85. The number of likely N-dealkylation sites (tertiary alicyclic amines) is 1. The molecule has 1 aromatic heterocycles. The molecule has 2 fully saturated rings. The van der Waals surface area contributed by atoms with Crippen LogP contribution in [0.2, 0.25) is 5.02 Å². The maximum Gasteiger partial charge on any atom is 0.213 e. The van der Waals surface area contributed by atoms with E-state index in [9.17, 15) is 0 Å². The Bertz CT molecular complexity index is 861. The third-order valence-corrected chi connectivity index (χ3v) is 6.15. The van der Waals surface area contributed by atoms with E-state index in [1.54, 1.807) is 0 Å². The summed E-state index contributed by atoms with van der Waals surface area (Å²) >= 11 is 5.99. The molecule has 7 heteroatoms. The molecule has 1 aliphatic carbocycles. The number of nitrogens with zero attached hydrogens (tertiary/aromatic N) is 3. The number of rotatable bonds is 8. The first-order valence-electron chi connectivity index (χ1n) is 11.2. The number of ether oxygens (including phenoxy) is 1. The van der Waals surface area contributed by atoms with Gasteiger partial charge in [-0.15, -0.1) is 0 Å². The van der Waals surface area contributed by atoms with Crippen molar-refractivity contribution in [3.05, 3.63) is 58.7 Å². The monoisotopic (exact) mass is 441 g/mol. The molecule has 1 aliphatic heterocycles. The SMILES string of the molecule is CN=C(NCc1ccnc(OCC2CC2)c1)NC1CCN(Cc2ccc(Cl)cc2)CC1. The lowest BCUT2D eigenvalue weighted by Gasteiger charge is -2.33. The standard InChI is InChI=1S/C24H32ClN5O/c1-26-24(28-15-20-8-11-27-23(14-20)31-17-19-2-3-19)29-22-9-12-30(13-10-22)16-18-4-6-21(25)7-5-18/h4-8,11,14,19,22H,2-3,9-10,12-13,15-17H2,1H3,(H2,26,28,29). The van der Waals surface area contributed by atoms with E-state index in [1.807, 2.05) is 37.5 Å². The molecular formula is C24H32ClN5O. The summed E-state index contributed by atoms with van der Waals surface area (Å²) < 4.78 is 5.79. The number of aliphatic imine (C=N–C) groups is 1. The Kier molecular flexibility index (Phi) is 7.65. The number of guanidine groups is 1. The van der Waals surface area contributed by atoms with Gasteiger partial charge < -0.3 is 15.4 Å². The second kappa shape index (κ2) is 10.8. The highest BCUT2D eigenvalue weighted by Crippen LogP contribution is 2.29. The van der Waals surface area contributed by atoms with Gasteiger partial charge in [-0.05, 0) is 60.9 Å². The highest BCUT2D eigenvalue weighted by Gasteiger charge is 2.22. The number of nitrogens with one attached hydrogen (secondary N) is 2. The highest BCUT2D eigenvalue weighted by molar-refractivity contribution is 6.30. The smallest absolute Gasteiger partial charge is 0.213 e. The van der Waals surface area contributed by atoms with Gasteiger partial charge in [-0.2, -0.15) is 0 Å². The summed E-state index contributed by atoms with van der Waals surface area (Å²) in [5.74, 6) is 2.28. The van der Waals surface area contributed by atoms with Gasteiger partial charge in [-0.25, -0.2) is 4.98 Å². The summed E-state index contributed by atoms with van der Waals surface area (Å²) in [4.78, 5) is 11.2. The fourth-order valence-electron chi connectivity index (χ4n) is 3.78. The Hall–Kier alpha value is -2.31. The molecule has 2 heterocycles. The maximum atomic E-state index is 5.99. The molecule has 0 amide bonds. The predicted molar refractivity (Wildman–Crippen MR) is 126 cm³/mol. The molecule has 2 N–H and O–H groups in total. The lowest BCUT2D eigenvalue weighted by atomic mass is 10.0. The first kappa shape index (κ1) is 21.9. The van der Waals surface area contributed by atoms with Crippen LogP contribution in [-0.4, -0.2) is 48.6 Å². The van der Waals surface area contributed by atoms with E-state index in [4.69, 9.17) is 16.3 Å². The zero-order chi connectivity index (χ0) is 21.5. The Balaban J connectivity index is 1.19. The molecule has 166 valence electrons. The van der Waals surface area contributed by atoms with Gasteiger partial charge in [0.05, 0.1) is 6.61 Å². The van der Waals surface area contributed by atoms with Gasteiger partial charge in [0.15, 0.2) is 5.96 Å². The second-order valence-electron chi connectivity index (χ2n) is 8.50. The summed E-state index contributed by atoms with van der Waals surface area (Å²) in [6.07, 6.45) is 6.57. The molecule has 6 nitrogen and oxygen atoms in total. The van der Waals surface area contributed by atoms with Gasteiger partial charge in [-0.3, -0.25) is 9.89 Å². The molecule has 2 aliphatic rings. The topological polar surface area (TPSA) is 61.8 Å². The summed E-state index contributed by atoms with van der Waals surface area (Å²) in [5.41, 5.74) is 2.45. The maximum absolute atomic E-state index is 5.99. The number of hydrogen-bond acceptors (Lipinski definition) is 4. The molecule has 4 rings (SSSR count). The molecule has 0 radical (unpaired) electrons. The Morgan fingerprint density at radius 2 is 1.90 bits per heavy atom. The molecule has 0 atom stereocenters. The summed E-state index contributed by atoms with van der Waals surface area (Å²) in [6.45, 7) is 4.60. The van der Waals surface area contributed by atoms with Crippen molar-refractivity contribution in [1.82, 2.24) is 20.5 Å². The van der Waals surface area contributed by atoms with Gasteiger partial charge in [0.2, 0.25) is 5.88 Å². The normalized spacial score (nSPS) is 18.1. The van der Waals surface area contributed by atoms with Gasteiger partial charge in [0, 0.05) is 56.6 Å². The summed E-state index contributed by atoms with van der Waals surface area (Å²) in [5, 5.41) is 7.79. The number of aromatic nitrogens is 1. The molecule has 1 saturated carbocycles. The van der Waals surface area contributed by atoms with Gasteiger partial charge in [-0.1, -0.05) is 23.7 Å². The Morgan fingerprint density at radius 1 is 1.13 bits per heavy atom. The minimum atomic E-state index is 0.433. The van der Waals surface area contributed by atoms with E-state index in [-0.39, 0.29) is 0 Å². The fraction of sp³-hybridized carbons (Fsp3) is 0.500. The molecule has 0 spiro atoms. The lowest BCUT2D eigenvalue weighted by molar-refractivity contribution is 0.198. The van der Waals surface area contributed by atoms with Crippen molar-refractivity contribution < 1.29 is 4.74 Å². The largest absolute Gasteiger partial charge is 0.477 e. The number of halogens is 1. The zero-order valence-electron chi connectivity index (χ0n) is 18.2. The minimum absolute atomic E-state index is 0.433. The van der Waals surface area contributed by atoms with Crippen LogP contribution in [0.1, 0.15) is 36.8 Å². The van der Waals surface area contributed by atoms with E-state index in [2.05, 4.69) is 37.6 Å². The van der Waals surface area contributed by atoms with Crippen LogP contribution in [0.3, 0.4) is 0 Å². The molecular weight excluding hydrogens is 410 g/mol. The van der Waals surface area contributed by atoms with Crippen molar-refractivity contribution in [2.45, 2.75) is 44.8 Å². The van der Waals surface area contributed by atoms with E-state index in [1.165, 1.54) is 18.4 Å². The van der Waals surface area contributed by atoms with Crippen LogP contribution >= 0.6 is 11.6 Å². The van der Waals surface area contributed by atoms with E-state index in [0.29, 0.717) is 18.5 Å². The van der Waals surface area contributed by atoms with Crippen LogP contribution in [-0.2, 0) is 13.1 Å². The lowest BCUT2D eigenvalue weighted by Crippen LogP contribution is -2.48. The van der Waals surface area contributed by atoms with E-state index in [0.717, 1.165) is 61.5 Å². The number of piperidine rings is 1. The van der Waals surface area contributed by atoms with Gasteiger partial charge in [0.1, 0.15) is 0 Å². The van der Waals surface area contributed by atoms with Crippen LogP contribution in [0.15, 0.2) is 47.6 Å². The van der Waals surface area contributed by atoms with Crippen LogP contribution < -0.4 is 15.4 Å². The molecule has 0 bridgehead atoms. The number of hydrogen-bond donors (Lipinski definition) is 2. The quantitative estimate of drug-likeness (QED) is 0.481. The van der Waals surface area contributed by atoms with Crippen molar-refractivity contribution in [3.8, 4) is 5.88 Å².